The highest BCUT2D eigenvalue weighted by Crippen LogP contribution is 2.24. The predicted molar refractivity (Wildman–Crippen MR) is 75.9 cm³/mol. The Kier molecular flexibility index (Phi) is 2.99. The van der Waals surface area contributed by atoms with Gasteiger partial charge in [0.2, 0.25) is 0 Å². The lowest BCUT2D eigenvalue weighted by Gasteiger charge is -2.05. The van der Waals surface area contributed by atoms with Gasteiger partial charge in [0.1, 0.15) is 11.3 Å². The average Bonchev–Trinajstić information content (AvgIpc) is 2.45. The standard InChI is InChI=1S/C16H12O4/c17-14-9-11(6-8-15(18)19)20-16-12-4-2-1-3-10(12)5-7-13(14)16/h1-5,7,9H,6,8H2,(H,18,19). The van der Waals surface area contributed by atoms with E-state index in [1.807, 2.05) is 30.3 Å². The van der Waals surface area contributed by atoms with E-state index in [9.17, 15) is 9.59 Å². The Morgan fingerprint density at radius 2 is 1.90 bits per heavy atom. The fourth-order valence-electron chi connectivity index (χ4n) is 2.28. The van der Waals surface area contributed by atoms with Gasteiger partial charge in [-0.15, -0.1) is 0 Å². The molecule has 0 bridgehead atoms. The summed E-state index contributed by atoms with van der Waals surface area (Å²) >= 11 is 0. The summed E-state index contributed by atoms with van der Waals surface area (Å²) < 4.78 is 5.74. The summed E-state index contributed by atoms with van der Waals surface area (Å²) in [5.41, 5.74) is 0.383. The Hall–Kier alpha value is -2.62. The Labute approximate surface area is 114 Å². The van der Waals surface area contributed by atoms with Crippen molar-refractivity contribution >= 4 is 27.7 Å². The number of carbonyl (C=O) groups is 1. The number of rotatable bonds is 3. The smallest absolute Gasteiger partial charge is 0.303 e. The number of benzene rings is 2. The molecule has 0 aliphatic heterocycles. The van der Waals surface area contributed by atoms with Crippen molar-refractivity contribution in [1.29, 1.82) is 0 Å². The Morgan fingerprint density at radius 3 is 2.70 bits per heavy atom. The van der Waals surface area contributed by atoms with E-state index in [1.54, 1.807) is 6.07 Å². The molecule has 0 saturated heterocycles. The van der Waals surface area contributed by atoms with Crippen LogP contribution in [-0.2, 0) is 11.2 Å². The fraction of sp³-hybridized carbons (Fsp3) is 0.125. The van der Waals surface area contributed by atoms with Crippen LogP contribution in [0.5, 0.6) is 0 Å². The molecule has 1 N–H and O–H groups in total. The molecule has 2 aromatic carbocycles. The highest BCUT2D eigenvalue weighted by Gasteiger charge is 2.09. The predicted octanol–water partition coefficient (Wildman–Crippen LogP) is 2.96. The van der Waals surface area contributed by atoms with Crippen molar-refractivity contribution in [2.45, 2.75) is 12.8 Å². The van der Waals surface area contributed by atoms with Crippen LogP contribution in [-0.4, -0.2) is 11.1 Å². The van der Waals surface area contributed by atoms with Gasteiger partial charge in [0, 0.05) is 17.9 Å². The van der Waals surface area contributed by atoms with E-state index in [0.717, 1.165) is 10.8 Å². The van der Waals surface area contributed by atoms with E-state index in [-0.39, 0.29) is 18.3 Å². The highest BCUT2D eigenvalue weighted by atomic mass is 16.4. The van der Waals surface area contributed by atoms with E-state index in [2.05, 4.69) is 0 Å². The molecule has 100 valence electrons. The van der Waals surface area contributed by atoms with Crippen LogP contribution in [0.15, 0.2) is 51.7 Å². The third-order valence-corrected chi connectivity index (χ3v) is 3.26. The van der Waals surface area contributed by atoms with Crippen molar-refractivity contribution in [3.63, 3.8) is 0 Å². The maximum absolute atomic E-state index is 12.1. The van der Waals surface area contributed by atoms with Crippen LogP contribution < -0.4 is 5.43 Å². The van der Waals surface area contributed by atoms with Crippen molar-refractivity contribution in [3.8, 4) is 0 Å². The normalized spacial score (nSPS) is 11.0. The number of aryl methyl sites for hydroxylation is 1. The van der Waals surface area contributed by atoms with Crippen LogP contribution in [0.3, 0.4) is 0 Å². The largest absolute Gasteiger partial charge is 0.481 e. The van der Waals surface area contributed by atoms with E-state index in [4.69, 9.17) is 9.52 Å². The second-order valence-corrected chi connectivity index (χ2v) is 4.63. The second-order valence-electron chi connectivity index (χ2n) is 4.63. The van der Waals surface area contributed by atoms with Crippen LogP contribution in [0.25, 0.3) is 21.7 Å². The van der Waals surface area contributed by atoms with Gasteiger partial charge in [0.25, 0.3) is 0 Å². The van der Waals surface area contributed by atoms with Crippen molar-refractivity contribution in [2.75, 3.05) is 0 Å². The van der Waals surface area contributed by atoms with Crippen LogP contribution in [0.1, 0.15) is 12.2 Å². The van der Waals surface area contributed by atoms with Crippen LogP contribution in [0.2, 0.25) is 0 Å². The number of hydrogen-bond donors (Lipinski definition) is 1. The van der Waals surface area contributed by atoms with E-state index in [0.29, 0.717) is 16.7 Å². The molecule has 0 fully saturated rings. The van der Waals surface area contributed by atoms with E-state index in [1.165, 1.54) is 6.07 Å². The topological polar surface area (TPSA) is 67.5 Å². The molecule has 20 heavy (non-hydrogen) atoms. The summed E-state index contributed by atoms with van der Waals surface area (Å²) in [7, 11) is 0. The fourth-order valence-corrected chi connectivity index (χ4v) is 2.28. The number of hydrogen-bond acceptors (Lipinski definition) is 3. The van der Waals surface area contributed by atoms with Crippen LogP contribution >= 0.6 is 0 Å². The lowest BCUT2D eigenvalue weighted by atomic mass is 10.1. The highest BCUT2D eigenvalue weighted by molar-refractivity contribution is 6.03. The minimum absolute atomic E-state index is 0.0563. The van der Waals surface area contributed by atoms with Crippen molar-refractivity contribution in [1.82, 2.24) is 0 Å². The molecule has 0 saturated carbocycles. The van der Waals surface area contributed by atoms with Crippen LogP contribution in [0.4, 0.5) is 0 Å². The summed E-state index contributed by atoms with van der Waals surface area (Å²) in [6.45, 7) is 0. The summed E-state index contributed by atoms with van der Waals surface area (Å²) in [4.78, 5) is 22.7. The zero-order valence-electron chi connectivity index (χ0n) is 10.6. The molecule has 0 radical (unpaired) electrons. The molecule has 3 rings (SSSR count). The third-order valence-electron chi connectivity index (χ3n) is 3.26. The van der Waals surface area contributed by atoms with Crippen molar-refractivity contribution < 1.29 is 14.3 Å². The van der Waals surface area contributed by atoms with Gasteiger partial charge in [0.15, 0.2) is 5.43 Å². The Bertz CT molecular complexity index is 861. The first-order chi connectivity index (χ1) is 9.65. The van der Waals surface area contributed by atoms with Gasteiger partial charge in [-0.05, 0) is 11.5 Å². The van der Waals surface area contributed by atoms with Gasteiger partial charge in [-0.3, -0.25) is 9.59 Å². The lowest BCUT2D eigenvalue weighted by molar-refractivity contribution is -0.137. The van der Waals surface area contributed by atoms with Crippen LogP contribution in [0, 0.1) is 0 Å². The maximum atomic E-state index is 12.1. The number of fused-ring (bicyclic) bond motifs is 3. The van der Waals surface area contributed by atoms with Gasteiger partial charge in [-0.2, -0.15) is 0 Å². The molecule has 3 aromatic rings. The van der Waals surface area contributed by atoms with Gasteiger partial charge in [-0.1, -0.05) is 30.3 Å². The van der Waals surface area contributed by atoms with E-state index < -0.39 is 5.97 Å². The molecule has 0 unspecified atom stereocenters. The monoisotopic (exact) mass is 268 g/mol. The van der Waals surface area contributed by atoms with E-state index >= 15 is 0 Å². The molecule has 4 heteroatoms. The minimum Gasteiger partial charge on any atom is -0.481 e. The molecule has 1 aromatic heterocycles. The minimum atomic E-state index is -0.911. The summed E-state index contributed by atoms with van der Waals surface area (Å²) in [5.74, 6) is -0.507. The summed E-state index contributed by atoms with van der Waals surface area (Å²) in [5, 5.41) is 11.1. The molecule has 4 nitrogen and oxygen atoms in total. The molecule has 0 spiro atoms. The lowest BCUT2D eigenvalue weighted by Crippen LogP contribution is -2.04. The van der Waals surface area contributed by atoms with Crippen molar-refractivity contribution in [3.05, 3.63) is 58.4 Å². The molecular weight excluding hydrogens is 256 g/mol. The van der Waals surface area contributed by atoms with Gasteiger partial charge in [0.05, 0.1) is 11.8 Å². The summed E-state index contributed by atoms with van der Waals surface area (Å²) in [6, 6.07) is 12.6. The number of carboxylic acid groups (broad SMARTS) is 1. The average molecular weight is 268 g/mol. The molecule has 0 aliphatic rings. The van der Waals surface area contributed by atoms with Crippen molar-refractivity contribution in [2.24, 2.45) is 0 Å². The van der Waals surface area contributed by atoms with Gasteiger partial charge >= 0.3 is 5.97 Å². The molecule has 0 aliphatic carbocycles. The molecule has 0 amide bonds. The first-order valence-corrected chi connectivity index (χ1v) is 6.31. The SMILES string of the molecule is O=C(O)CCc1cc(=O)c2ccc3ccccc3c2o1. The molecule has 1 heterocycles. The Balaban J connectivity index is 2.24. The molecule has 0 atom stereocenters. The van der Waals surface area contributed by atoms with Gasteiger partial charge in [-0.25, -0.2) is 0 Å². The Morgan fingerprint density at radius 1 is 1.10 bits per heavy atom. The third kappa shape index (κ3) is 2.16. The zero-order valence-corrected chi connectivity index (χ0v) is 10.6. The van der Waals surface area contributed by atoms with Gasteiger partial charge < -0.3 is 9.52 Å². The molecular formula is C16H12O4. The maximum Gasteiger partial charge on any atom is 0.303 e. The summed E-state index contributed by atoms with van der Waals surface area (Å²) in [6.07, 6.45) is 0.156. The zero-order chi connectivity index (χ0) is 14.1. The second kappa shape index (κ2) is 4.81. The quantitative estimate of drug-likeness (QED) is 0.741. The first kappa shape index (κ1) is 12.4. The number of aliphatic carboxylic acids is 1. The number of carboxylic acids is 1. The first-order valence-electron chi connectivity index (χ1n) is 6.31.